The first-order valence-corrected chi connectivity index (χ1v) is 8.33. The number of rotatable bonds is 1. The van der Waals surface area contributed by atoms with Gasteiger partial charge in [0, 0.05) is 26.1 Å². The number of ether oxygens (including phenoxy) is 1. The van der Waals surface area contributed by atoms with Crippen molar-refractivity contribution in [2.24, 2.45) is 0 Å². The van der Waals surface area contributed by atoms with Gasteiger partial charge in [-0.05, 0) is 36.6 Å². The van der Waals surface area contributed by atoms with Gasteiger partial charge in [-0.1, -0.05) is 34.1 Å². The largest absolute Gasteiger partial charge is 0.449 e. The van der Waals surface area contributed by atoms with Crippen LogP contribution in [-0.2, 0) is 4.74 Å². The molecular formula is C18H13BrN2O3. The Morgan fingerprint density at radius 3 is 2.67 bits per heavy atom. The Hall–Kier alpha value is -2.60. The van der Waals surface area contributed by atoms with Gasteiger partial charge >= 0.3 is 6.09 Å². The van der Waals surface area contributed by atoms with Crippen molar-refractivity contribution in [2.75, 3.05) is 6.61 Å². The van der Waals surface area contributed by atoms with Gasteiger partial charge in [-0.2, -0.15) is 4.57 Å². The Morgan fingerprint density at radius 1 is 1.17 bits per heavy atom. The predicted octanol–water partition coefficient (Wildman–Crippen LogP) is 4.40. The van der Waals surface area contributed by atoms with E-state index in [1.807, 2.05) is 30.3 Å². The zero-order valence-electron chi connectivity index (χ0n) is 12.8. The van der Waals surface area contributed by atoms with Gasteiger partial charge in [-0.15, -0.1) is 0 Å². The zero-order valence-corrected chi connectivity index (χ0v) is 14.4. The molecule has 5 nitrogen and oxygen atoms in total. The number of H-pyrrole nitrogens is 1. The molecule has 0 spiro atoms. The molecule has 0 fully saturated rings. The van der Waals surface area contributed by atoms with Crippen LogP contribution in [0.1, 0.15) is 6.92 Å². The fourth-order valence-electron chi connectivity index (χ4n) is 3.06. The van der Waals surface area contributed by atoms with E-state index in [2.05, 4.69) is 20.9 Å². The number of halogens is 1. The highest BCUT2D eigenvalue weighted by molar-refractivity contribution is 9.10. The van der Waals surface area contributed by atoms with Crippen molar-refractivity contribution in [1.82, 2.24) is 9.55 Å². The number of aromatic amines is 1. The van der Waals surface area contributed by atoms with Gasteiger partial charge in [0.25, 0.3) is 5.56 Å². The highest BCUT2D eigenvalue weighted by Crippen LogP contribution is 2.32. The van der Waals surface area contributed by atoms with Crippen molar-refractivity contribution in [1.29, 1.82) is 0 Å². The number of carbonyl (C=O) groups is 1. The first-order valence-electron chi connectivity index (χ1n) is 7.53. The number of nitrogens with one attached hydrogen (secondary N) is 1. The Kier molecular flexibility index (Phi) is 3.42. The van der Waals surface area contributed by atoms with Crippen LogP contribution in [-0.4, -0.2) is 22.3 Å². The highest BCUT2D eigenvalue weighted by Gasteiger charge is 2.20. The number of hydrogen-bond acceptors (Lipinski definition) is 3. The maximum absolute atomic E-state index is 12.8. The van der Waals surface area contributed by atoms with Gasteiger partial charge in [0.2, 0.25) is 0 Å². The average Bonchev–Trinajstić information content (AvgIpc) is 2.93. The SMILES string of the molecule is CCOC(=O)n1c(=O)c2ccccc2c2c3cc(Br)ccc3[nH]c21. The summed E-state index contributed by atoms with van der Waals surface area (Å²) in [5.41, 5.74) is 0.912. The van der Waals surface area contributed by atoms with Crippen LogP contribution in [0.15, 0.2) is 51.7 Å². The molecule has 0 saturated carbocycles. The summed E-state index contributed by atoms with van der Waals surface area (Å²) in [5, 5.41) is 3.06. The summed E-state index contributed by atoms with van der Waals surface area (Å²) in [6, 6.07) is 13.1. The van der Waals surface area contributed by atoms with Crippen molar-refractivity contribution in [3.05, 3.63) is 57.3 Å². The minimum Gasteiger partial charge on any atom is -0.449 e. The molecule has 4 aromatic rings. The van der Waals surface area contributed by atoms with Gasteiger partial charge in [-0.3, -0.25) is 4.79 Å². The van der Waals surface area contributed by atoms with E-state index in [1.165, 1.54) is 0 Å². The van der Waals surface area contributed by atoms with Gasteiger partial charge in [-0.25, -0.2) is 4.79 Å². The number of nitrogens with zero attached hydrogens (tertiary/aromatic N) is 1. The predicted molar refractivity (Wildman–Crippen MR) is 97.7 cm³/mol. The van der Waals surface area contributed by atoms with Crippen LogP contribution < -0.4 is 5.56 Å². The third-order valence-electron chi connectivity index (χ3n) is 4.04. The summed E-state index contributed by atoms with van der Waals surface area (Å²) in [6.45, 7) is 1.91. The molecule has 0 unspecified atom stereocenters. The minimum absolute atomic E-state index is 0.200. The van der Waals surface area contributed by atoms with Gasteiger partial charge < -0.3 is 9.72 Å². The van der Waals surface area contributed by atoms with Crippen LogP contribution in [0.3, 0.4) is 0 Å². The van der Waals surface area contributed by atoms with Crippen molar-refractivity contribution < 1.29 is 9.53 Å². The smallest absolute Gasteiger partial charge is 0.422 e. The summed E-state index contributed by atoms with van der Waals surface area (Å²) in [4.78, 5) is 28.4. The molecule has 0 amide bonds. The fraction of sp³-hybridized carbons (Fsp3) is 0.111. The second-order valence-electron chi connectivity index (χ2n) is 5.42. The highest BCUT2D eigenvalue weighted by atomic mass is 79.9. The molecule has 24 heavy (non-hydrogen) atoms. The monoisotopic (exact) mass is 384 g/mol. The van der Waals surface area contributed by atoms with Crippen LogP contribution in [0.2, 0.25) is 0 Å². The molecule has 2 heterocycles. The molecule has 0 saturated heterocycles. The van der Waals surface area contributed by atoms with Gasteiger partial charge in [0.1, 0.15) is 5.65 Å². The molecule has 120 valence electrons. The van der Waals surface area contributed by atoms with E-state index >= 15 is 0 Å². The minimum atomic E-state index is -0.677. The zero-order chi connectivity index (χ0) is 16.8. The fourth-order valence-corrected chi connectivity index (χ4v) is 3.42. The van der Waals surface area contributed by atoms with E-state index in [0.29, 0.717) is 11.0 Å². The third kappa shape index (κ3) is 2.06. The summed E-state index contributed by atoms with van der Waals surface area (Å²) in [5.74, 6) is 0. The van der Waals surface area contributed by atoms with E-state index in [0.717, 1.165) is 30.7 Å². The molecule has 4 rings (SSSR count). The lowest BCUT2D eigenvalue weighted by molar-refractivity contribution is 0.154. The first kappa shape index (κ1) is 15.0. The molecule has 1 N–H and O–H groups in total. The summed E-state index contributed by atoms with van der Waals surface area (Å²) in [6.07, 6.45) is -0.677. The van der Waals surface area contributed by atoms with Crippen molar-refractivity contribution >= 4 is 54.7 Å². The third-order valence-corrected chi connectivity index (χ3v) is 4.54. The quantitative estimate of drug-likeness (QED) is 0.528. The second kappa shape index (κ2) is 5.49. The van der Waals surface area contributed by atoms with Crippen LogP contribution in [0.25, 0.3) is 32.7 Å². The topological polar surface area (TPSA) is 64.1 Å². The number of benzene rings is 2. The lowest BCUT2D eigenvalue weighted by Crippen LogP contribution is -2.28. The number of hydrogen-bond donors (Lipinski definition) is 1. The number of pyridine rings is 1. The van der Waals surface area contributed by atoms with Gasteiger partial charge in [0.15, 0.2) is 0 Å². The lowest BCUT2D eigenvalue weighted by Gasteiger charge is -2.09. The molecule has 0 aliphatic carbocycles. The van der Waals surface area contributed by atoms with E-state index < -0.39 is 6.09 Å². The molecule has 0 radical (unpaired) electrons. The van der Waals surface area contributed by atoms with Crippen LogP contribution in [0.5, 0.6) is 0 Å². The molecule has 2 aromatic carbocycles. The Labute approximate surface area is 145 Å². The second-order valence-corrected chi connectivity index (χ2v) is 6.34. The van der Waals surface area contributed by atoms with Crippen LogP contribution in [0.4, 0.5) is 4.79 Å². The summed E-state index contributed by atoms with van der Waals surface area (Å²) < 4.78 is 7.08. The standard InChI is InChI=1S/C18H13BrN2O3/c1-2-24-18(23)21-16-15(11-5-3-4-6-12(11)17(21)22)13-9-10(19)7-8-14(13)20-16/h3-9,20H,2H2,1H3. The maximum Gasteiger partial charge on any atom is 0.422 e. The van der Waals surface area contributed by atoms with E-state index in [4.69, 9.17) is 4.74 Å². The maximum atomic E-state index is 12.8. The first-order chi connectivity index (χ1) is 11.6. The van der Waals surface area contributed by atoms with E-state index in [1.54, 1.807) is 19.1 Å². The molecule has 0 atom stereocenters. The van der Waals surface area contributed by atoms with Crippen molar-refractivity contribution in [3.8, 4) is 0 Å². The number of fused-ring (bicyclic) bond motifs is 5. The average molecular weight is 385 g/mol. The molecule has 0 aliphatic heterocycles. The Balaban J connectivity index is 2.29. The lowest BCUT2D eigenvalue weighted by atomic mass is 10.1. The molecule has 0 bridgehead atoms. The normalized spacial score (nSPS) is 11.4. The molecule has 6 heteroatoms. The van der Waals surface area contributed by atoms with Gasteiger partial charge in [0.05, 0.1) is 6.61 Å². The summed E-state index contributed by atoms with van der Waals surface area (Å²) in [7, 11) is 0. The van der Waals surface area contributed by atoms with E-state index in [-0.39, 0.29) is 12.2 Å². The van der Waals surface area contributed by atoms with Crippen LogP contribution in [0, 0.1) is 0 Å². The Bertz CT molecular complexity index is 1170. The molecular weight excluding hydrogens is 372 g/mol. The molecule has 0 aliphatic rings. The summed E-state index contributed by atoms with van der Waals surface area (Å²) >= 11 is 3.48. The van der Waals surface area contributed by atoms with Crippen LogP contribution >= 0.6 is 15.9 Å². The number of carbonyl (C=O) groups excluding carboxylic acids is 1. The van der Waals surface area contributed by atoms with E-state index in [9.17, 15) is 9.59 Å². The number of aromatic nitrogens is 2. The molecule has 2 aromatic heterocycles. The van der Waals surface area contributed by atoms with Crippen molar-refractivity contribution in [2.45, 2.75) is 6.92 Å². The Morgan fingerprint density at radius 2 is 1.92 bits per heavy atom. The van der Waals surface area contributed by atoms with Crippen molar-refractivity contribution in [3.63, 3.8) is 0 Å².